The molecule has 5 heteroatoms. The van der Waals surface area contributed by atoms with Crippen LogP contribution in [0, 0.1) is 3.57 Å². The Morgan fingerprint density at radius 1 is 1.61 bits per heavy atom. The molecule has 2 rings (SSSR count). The van der Waals surface area contributed by atoms with Crippen molar-refractivity contribution in [1.29, 1.82) is 0 Å². The fourth-order valence-corrected chi connectivity index (χ4v) is 3.72. The van der Waals surface area contributed by atoms with Crippen LogP contribution in [0.3, 0.4) is 0 Å². The molecule has 2 heterocycles. The van der Waals surface area contributed by atoms with Crippen LogP contribution in [0.1, 0.15) is 47.8 Å². The SMILES string of the molecule is COC(=O)c1cc(I)c2n1CCCC[C@@H]2CCO. The largest absolute Gasteiger partial charge is 0.464 e. The van der Waals surface area contributed by atoms with Crippen molar-refractivity contribution in [2.24, 2.45) is 0 Å². The molecule has 0 aromatic carbocycles. The highest BCUT2D eigenvalue weighted by Gasteiger charge is 2.26. The van der Waals surface area contributed by atoms with Crippen molar-refractivity contribution in [3.05, 3.63) is 21.0 Å². The summed E-state index contributed by atoms with van der Waals surface area (Å²) in [6.45, 7) is 1.06. The zero-order valence-electron chi connectivity index (χ0n) is 10.5. The van der Waals surface area contributed by atoms with Crippen LogP contribution in [-0.2, 0) is 11.3 Å². The Bertz CT molecular complexity index is 442. The number of nitrogens with zero attached hydrogens (tertiary/aromatic N) is 1. The van der Waals surface area contributed by atoms with Gasteiger partial charge in [0.15, 0.2) is 0 Å². The number of aliphatic hydroxyl groups excluding tert-OH is 1. The number of carbonyl (C=O) groups excluding carboxylic acids is 1. The average molecular weight is 363 g/mol. The number of fused-ring (bicyclic) bond motifs is 1. The van der Waals surface area contributed by atoms with Crippen molar-refractivity contribution in [2.45, 2.75) is 38.1 Å². The minimum Gasteiger partial charge on any atom is -0.464 e. The van der Waals surface area contributed by atoms with Crippen LogP contribution < -0.4 is 0 Å². The van der Waals surface area contributed by atoms with Gasteiger partial charge in [-0.3, -0.25) is 0 Å². The van der Waals surface area contributed by atoms with Gasteiger partial charge in [-0.2, -0.15) is 0 Å². The van der Waals surface area contributed by atoms with E-state index in [1.807, 2.05) is 6.07 Å². The zero-order chi connectivity index (χ0) is 13.1. The summed E-state index contributed by atoms with van der Waals surface area (Å²) in [5.74, 6) is 0.0756. The van der Waals surface area contributed by atoms with E-state index in [1.54, 1.807) is 0 Å². The summed E-state index contributed by atoms with van der Waals surface area (Å²) >= 11 is 2.28. The van der Waals surface area contributed by atoms with Gasteiger partial charge in [0, 0.05) is 28.3 Å². The quantitative estimate of drug-likeness (QED) is 0.663. The summed E-state index contributed by atoms with van der Waals surface area (Å²) in [6.07, 6.45) is 4.06. The van der Waals surface area contributed by atoms with Crippen LogP contribution in [0.25, 0.3) is 0 Å². The lowest BCUT2D eigenvalue weighted by Crippen LogP contribution is -2.14. The maximum atomic E-state index is 11.8. The van der Waals surface area contributed by atoms with E-state index in [-0.39, 0.29) is 12.6 Å². The molecule has 1 aromatic heterocycles. The third-order valence-corrected chi connectivity index (χ3v) is 4.40. The lowest BCUT2D eigenvalue weighted by molar-refractivity contribution is 0.0588. The van der Waals surface area contributed by atoms with Gasteiger partial charge in [0.25, 0.3) is 0 Å². The molecule has 0 spiro atoms. The van der Waals surface area contributed by atoms with E-state index < -0.39 is 0 Å². The highest BCUT2D eigenvalue weighted by molar-refractivity contribution is 14.1. The molecule has 1 atom stereocenters. The van der Waals surface area contributed by atoms with Gasteiger partial charge in [-0.25, -0.2) is 4.79 Å². The first-order valence-electron chi connectivity index (χ1n) is 6.27. The number of rotatable bonds is 3. The van der Waals surface area contributed by atoms with Crippen LogP contribution in [-0.4, -0.2) is 29.4 Å². The summed E-state index contributed by atoms with van der Waals surface area (Å²) in [5, 5.41) is 9.19. The first kappa shape index (κ1) is 13.9. The van der Waals surface area contributed by atoms with Crippen molar-refractivity contribution in [1.82, 2.24) is 4.57 Å². The van der Waals surface area contributed by atoms with E-state index in [4.69, 9.17) is 4.74 Å². The molecule has 0 radical (unpaired) electrons. The monoisotopic (exact) mass is 363 g/mol. The molecular formula is C13H18INO3. The molecule has 0 unspecified atom stereocenters. The van der Waals surface area contributed by atoms with Gasteiger partial charge in [-0.1, -0.05) is 6.42 Å². The Hall–Kier alpha value is -0.560. The number of halogens is 1. The molecule has 1 aliphatic rings. The molecule has 0 amide bonds. The van der Waals surface area contributed by atoms with Crippen molar-refractivity contribution in [3.8, 4) is 0 Å². The molecule has 1 aromatic rings. The summed E-state index contributed by atoms with van der Waals surface area (Å²) in [6, 6.07) is 1.90. The van der Waals surface area contributed by atoms with Crippen LogP contribution in [0.2, 0.25) is 0 Å². The summed E-state index contributed by atoms with van der Waals surface area (Å²) < 4.78 is 8.03. The number of hydrogen-bond donors (Lipinski definition) is 1. The van der Waals surface area contributed by atoms with E-state index in [9.17, 15) is 9.90 Å². The lowest BCUT2D eigenvalue weighted by atomic mass is 9.96. The standard InChI is InChI=1S/C13H18INO3/c1-18-13(17)11-8-10(14)12-9(5-7-16)4-2-3-6-15(11)12/h8-9,16H,2-7H2,1H3/t9-/m1/s1. The second kappa shape index (κ2) is 6.06. The molecule has 4 nitrogen and oxygen atoms in total. The number of carbonyl (C=O) groups is 1. The van der Waals surface area contributed by atoms with E-state index >= 15 is 0 Å². The number of ether oxygens (including phenoxy) is 1. The Morgan fingerprint density at radius 2 is 2.39 bits per heavy atom. The highest BCUT2D eigenvalue weighted by atomic mass is 127. The second-order valence-electron chi connectivity index (χ2n) is 4.61. The van der Waals surface area contributed by atoms with E-state index in [0.29, 0.717) is 11.6 Å². The van der Waals surface area contributed by atoms with E-state index in [1.165, 1.54) is 12.8 Å². The van der Waals surface area contributed by atoms with Crippen molar-refractivity contribution in [3.63, 3.8) is 0 Å². The molecule has 18 heavy (non-hydrogen) atoms. The maximum Gasteiger partial charge on any atom is 0.354 e. The minimum absolute atomic E-state index is 0.194. The van der Waals surface area contributed by atoms with Crippen molar-refractivity contribution in [2.75, 3.05) is 13.7 Å². The van der Waals surface area contributed by atoms with Gasteiger partial charge in [0.05, 0.1) is 7.11 Å². The fourth-order valence-electron chi connectivity index (χ4n) is 2.69. The van der Waals surface area contributed by atoms with E-state index in [0.717, 1.165) is 35.8 Å². The number of aromatic nitrogens is 1. The molecule has 0 saturated heterocycles. The van der Waals surface area contributed by atoms with Gasteiger partial charge in [-0.05, 0) is 47.9 Å². The summed E-state index contributed by atoms with van der Waals surface area (Å²) in [7, 11) is 1.41. The molecule has 0 fully saturated rings. The van der Waals surface area contributed by atoms with Crippen molar-refractivity contribution >= 4 is 28.6 Å². The van der Waals surface area contributed by atoms with Gasteiger partial charge < -0.3 is 14.4 Å². The minimum atomic E-state index is -0.274. The third-order valence-electron chi connectivity index (χ3n) is 3.53. The molecule has 1 N–H and O–H groups in total. The van der Waals surface area contributed by atoms with Gasteiger partial charge >= 0.3 is 5.97 Å². The molecule has 0 bridgehead atoms. The highest BCUT2D eigenvalue weighted by Crippen LogP contribution is 2.34. The van der Waals surface area contributed by atoms with Crippen LogP contribution >= 0.6 is 22.6 Å². The smallest absolute Gasteiger partial charge is 0.354 e. The second-order valence-corrected chi connectivity index (χ2v) is 5.77. The number of esters is 1. The van der Waals surface area contributed by atoms with Gasteiger partial charge in [0.2, 0.25) is 0 Å². The first-order chi connectivity index (χ1) is 8.69. The summed E-state index contributed by atoms with van der Waals surface area (Å²) in [4.78, 5) is 11.8. The Balaban J connectivity index is 2.44. The number of aliphatic hydroxyl groups is 1. The number of methoxy groups -OCH3 is 1. The van der Waals surface area contributed by atoms with Crippen LogP contribution in [0.15, 0.2) is 6.07 Å². The zero-order valence-corrected chi connectivity index (χ0v) is 12.6. The molecular weight excluding hydrogens is 345 g/mol. The predicted molar refractivity (Wildman–Crippen MR) is 76.8 cm³/mol. The average Bonchev–Trinajstić information content (AvgIpc) is 2.56. The van der Waals surface area contributed by atoms with Gasteiger partial charge in [0.1, 0.15) is 5.69 Å². The molecule has 0 saturated carbocycles. The first-order valence-corrected chi connectivity index (χ1v) is 7.35. The predicted octanol–water partition coefficient (Wildman–Crippen LogP) is 2.53. The molecule has 100 valence electrons. The molecule has 0 aliphatic carbocycles. The summed E-state index contributed by atoms with van der Waals surface area (Å²) in [5.41, 5.74) is 1.84. The van der Waals surface area contributed by atoms with E-state index in [2.05, 4.69) is 27.2 Å². The topological polar surface area (TPSA) is 51.5 Å². The van der Waals surface area contributed by atoms with Crippen LogP contribution in [0.4, 0.5) is 0 Å². The Kier molecular flexibility index (Phi) is 4.66. The normalized spacial score (nSPS) is 19.2. The fraction of sp³-hybridized carbons (Fsp3) is 0.615. The Morgan fingerprint density at radius 3 is 3.06 bits per heavy atom. The van der Waals surface area contributed by atoms with Crippen molar-refractivity contribution < 1.29 is 14.6 Å². The molecule has 1 aliphatic heterocycles. The van der Waals surface area contributed by atoms with Gasteiger partial charge in [-0.15, -0.1) is 0 Å². The van der Waals surface area contributed by atoms with Crippen LogP contribution in [0.5, 0.6) is 0 Å². The maximum absolute atomic E-state index is 11.8. The third kappa shape index (κ3) is 2.56. The Labute approximate surface area is 120 Å². The lowest BCUT2D eigenvalue weighted by Gasteiger charge is -2.16. The number of hydrogen-bond acceptors (Lipinski definition) is 3.